The molecule has 3 unspecified atom stereocenters. The number of rotatable bonds is 4. The van der Waals surface area contributed by atoms with Crippen LogP contribution in [0.3, 0.4) is 0 Å². The van der Waals surface area contributed by atoms with Gasteiger partial charge in [-0.25, -0.2) is 0 Å². The third-order valence-electron chi connectivity index (χ3n) is 6.08. The zero-order valence-corrected chi connectivity index (χ0v) is 16.0. The molecular weight excluding hydrogens is 352 g/mol. The molecular formula is C23H26N2O3. The van der Waals surface area contributed by atoms with Crippen LogP contribution < -0.4 is 5.32 Å². The number of nitrogens with one attached hydrogen (secondary N) is 1. The summed E-state index contributed by atoms with van der Waals surface area (Å²) >= 11 is 0. The molecule has 2 aromatic rings. The van der Waals surface area contributed by atoms with Crippen molar-refractivity contribution in [2.75, 3.05) is 0 Å². The lowest BCUT2D eigenvalue weighted by molar-refractivity contribution is -0.137. The van der Waals surface area contributed by atoms with Crippen LogP contribution in [0.15, 0.2) is 54.6 Å². The molecule has 2 fully saturated rings. The summed E-state index contributed by atoms with van der Waals surface area (Å²) in [5.41, 5.74) is 1.71. The van der Waals surface area contributed by atoms with Gasteiger partial charge in [-0.15, -0.1) is 0 Å². The third kappa shape index (κ3) is 3.61. The number of carbonyl (C=O) groups is 2. The number of aromatic hydroxyl groups is 1. The van der Waals surface area contributed by atoms with E-state index >= 15 is 0 Å². The molecule has 5 nitrogen and oxygen atoms in total. The Morgan fingerprint density at radius 1 is 1.04 bits per heavy atom. The van der Waals surface area contributed by atoms with E-state index in [-0.39, 0.29) is 23.9 Å². The molecule has 3 atom stereocenters. The molecule has 0 saturated carbocycles. The minimum Gasteiger partial charge on any atom is -0.508 e. The largest absolute Gasteiger partial charge is 0.508 e. The van der Waals surface area contributed by atoms with Crippen molar-refractivity contribution in [2.45, 2.75) is 56.7 Å². The smallest absolute Gasteiger partial charge is 0.251 e. The van der Waals surface area contributed by atoms with E-state index in [2.05, 4.69) is 11.4 Å². The minimum atomic E-state index is -0.548. The number of carbonyl (C=O) groups excluding carboxylic acids is 2. The second-order valence-electron chi connectivity index (χ2n) is 7.95. The summed E-state index contributed by atoms with van der Waals surface area (Å²) in [6.07, 6.45) is 3.83. The molecule has 2 N–H and O–H groups in total. The molecule has 2 aliphatic heterocycles. The van der Waals surface area contributed by atoms with Crippen LogP contribution in [-0.2, 0) is 4.79 Å². The molecule has 2 amide bonds. The average molecular weight is 378 g/mol. The highest BCUT2D eigenvalue weighted by Crippen LogP contribution is 2.43. The van der Waals surface area contributed by atoms with Crippen molar-refractivity contribution in [1.29, 1.82) is 0 Å². The summed E-state index contributed by atoms with van der Waals surface area (Å²) in [6, 6.07) is 16.3. The highest BCUT2D eigenvalue weighted by Gasteiger charge is 2.44. The number of hydrogen-bond acceptors (Lipinski definition) is 3. The van der Waals surface area contributed by atoms with Crippen molar-refractivity contribution in [3.8, 4) is 5.75 Å². The number of fused-ring (bicyclic) bond motifs is 2. The number of phenols is 1. The van der Waals surface area contributed by atoms with E-state index < -0.39 is 6.04 Å². The first kappa shape index (κ1) is 18.5. The number of amides is 2. The maximum absolute atomic E-state index is 13.1. The monoisotopic (exact) mass is 378 g/mol. The van der Waals surface area contributed by atoms with Gasteiger partial charge in [0.15, 0.2) is 0 Å². The average Bonchev–Trinajstić information content (AvgIpc) is 2.97. The van der Waals surface area contributed by atoms with Gasteiger partial charge in [-0.2, -0.15) is 0 Å². The lowest BCUT2D eigenvalue weighted by Crippen LogP contribution is -2.53. The predicted octanol–water partition coefficient (Wildman–Crippen LogP) is 3.45. The first-order valence-electron chi connectivity index (χ1n) is 10.00. The highest BCUT2D eigenvalue weighted by atomic mass is 16.3. The van der Waals surface area contributed by atoms with Crippen molar-refractivity contribution in [1.82, 2.24) is 10.2 Å². The Morgan fingerprint density at radius 2 is 1.71 bits per heavy atom. The summed E-state index contributed by atoms with van der Waals surface area (Å²) in [6.45, 7) is 1.77. The number of nitrogens with zero attached hydrogens (tertiary/aromatic N) is 1. The van der Waals surface area contributed by atoms with Crippen LogP contribution >= 0.6 is 0 Å². The lowest BCUT2D eigenvalue weighted by Gasteiger charge is -2.40. The Morgan fingerprint density at radius 3 is 2.36 bits per heavy atom. The maximum atomic E-state index is 13.1. The molecule has 0 spiro atoms. The number of benzene rings is 2. The second-order valence-corrected chi connectivity index (χ2v) is 7.95. The topological polar surface area (TPSA) is 69.6 Å². The van der Waals surface area contributed by atoms with Crippen LogP contribution in [0.4, 0.5) is 0 Å². The van der Waals surface area contributed by atoms with Gasteiger partial charge in [0.2, 0.25) is 5.91 Å². The van der Waals surface area contributed by atoms with Crippen molar-refractivity contribution in [3.05, 3.63) is 65.7 Å². The summed E-state index contributed by atoms with van der Waals surface area (Å²) in [5.74, 6) is 0.443. The number of piperidine rings is 1. The van der Waals surface area contributed by atoms with E-state index in [0.29, 0.717) is 17.2 Å². The van der Waals surface area contributed by atoms with Gasteiger partial charge in [0.25, 0.3) is 5.91 Å². The number of hydrogen-bond donors (Lipinski definition) is 2. The SMILES string of the molecule is CC(NC(=O)c1ccccc1)C(=O)N1C2CCC1CC(c1cccc(O)c1)C2. The quantitative estimate of drug-likeness (QED) is 0.856. The van der Waals surface area contributed by atoms with Gasteiger partial charge in [-0.1, -0.05) is 30.3 Å². The Labute approximate surface area is 165 Å². The maximum Gasteiger partial charge on any atom is 0.251 e. The summed E-state index contributed by atoms with van der Waals surface area (Å²) in [4.78, 5) is 27.5. The molecule has 2 aliphatic rings. The van der Waals surface area contributed by atoms with Crippen molar-refractivity contribution in [2.24, 2.45) is 0 Å². The van der Waals surface area contributed by atoms with E-state index in [9.17, 15) is 14.7 Å². The molecule has 146 valence electrons. The van der Waals surface area contributed by atoms with E-state index in [1.165, 1.54) is 0 Å². The minimum absolute atomic E-state index is 0.00569. The van der Waals surface area contributed by atoms with Gasteiger partial charge in [0.05, 0.1) is 0 Å². The highest BCUT2D eigenvalue weighted by molar-refractivity contribution is 5.97. The standard InChI is InChI=1S/C23H26N2O3/c1-15(24-22(27)16-6-3-2-4-7-16)23(28)25-19-10-11-20(25)13-18(12-19)17-8-5-9-21(26)14-17/h2-9,14-15,18-20,26H,10-13H2,1H3,(H,24,27). The Balaban J connectivity index is 1.42. The van der Waals surface area contributed by atoms with Crippen molar-refractivity contribution in [3.63, 3.8) is 0 Å². The van der Waals surface area contributed by atoms with Crippen molar-refractivity contribution < 1.29 is 14.7 Å². The molecule has 0 radical (unpaired) electrons. The van der Waals surface area contributed by atoms with Gasteiger partial charge >= 0.3 is 0 Å². The van der Waals surface area contributed by atoms with Gasteiger partial charge in [-0.05, 0) is 68.4 Å². The van der Waals surface area contributed by atoms with Crippen molar-refractivity contribution >= 4 is 11.8 Å². The van der Waals surface area contributed by atoms with Crippen LogP contribution in [0.25, 0.3) is 0 Å². The summed E-state index contributed by atoms with van der Waals surface area (Å²) < 4.78 is 0. The molecule has 2 heterocycles. The van der Waals surface area contributed by atoms with Crippen LogP contribution in [-0.4, -0.2) is 39.9 Å². The van der Waals surface area contributed by atoms with Crippen LogP contribution in [0.2, 0.25) is 0 Å². The molecule has 28 heavy (non-hydrogen) atoms. The van der Waals surface area contributed by atoms with Gasteiger partial charge in [-0.3, -0.25) is 9.59 Å². The molecule has 0 aromatic heterocycles. The molecule has 2 saturated heterocycles. The molecule has 2 aromatic carbocycles. The zero-order valence-electron chi connectivity index (χ0n) is 16.0. The molecule has 2 bridgehead atoms. The van der Waals surface area contributed by atoms with E-state index in [0.717, 1.165) is 31.2 Å². The second kappa shape index (κ2) is 7.66. The van der Waals surface area contributed by atoms with E-state index in [4.69, 9.17) is 0 Å². The van der Waals surface area contributed by atoms with Gasteiger partial charge in [0.1, 0.15) is 11.8 Å². The normalized spacial score (nSPS) is 24.6. The Kier molecular flexibility index (Phi) is 5.07. The first-order valence-corrected chi connectivity index (χ1v) is 10.00. The molecule has 5 heteroatoms. The van der Waals surface area contributed by atoms with Crippen LogP contribution in [0, 0.1) is 0 Å². The van der Waals surface area contributed by atoms with Gasteiger partial charge in [0, 0.05) is 17.6 Å². The lowest BCUT2D eigenvalue weighted by atomic mass is 9.84. The summed E-state index contributed by atoms with van der Waals surface area (Å²) in [7, 11) is 0. The van der Waals surface area contributed by atoms with E-state index in [1.54, 1.807) is 25.1 Å². The first-order chi connectivity index (χ1) is 13.5. The Bertz CT molecular complexity index is 853. The summed E-state index contributed by atoms with van der Waals surface area (Å²) in [5, 5.41) is 12.6. The molecule has 4 rings (SSSR count). The number of phenolic OH excluding ortho intramolecular Hbond substituents is 1. The molecule has 0 aliphatic carbocycles. The fraction of sp³-hybridized carbons (Fsp3) is 0.391. The van der Waals surface area contributed by atoms with Gasteiger partial charge < -0.3 is 15.3 Å². The zero-order chi connectivity index (χ0) is 19.7. The van der Waals surface area contributed by atoms with Crippen LogP contribution in [0.1, 0.15) is 54.4 Å². The predicted molar refractivity (Wildman–Crippen MR) is 107 cm³/mol. The fourth-order valence-electron chi connectivity index (χ4n) is 4.74. The van der Waals surface area contributed by atoms with E-state index in [1.807, 2.05) is 35.2 Å². The fourth-order valence-corrected chi connectivity index (χ4v) is 4.74. The van der Waals surface area contributed by atoms with Crippen LogP contribution in [0.5, 0.6) is 5.75 Å². The third-order valence-corrected chi connectivity index (χ3v) is 6.08. The Hall–Kier alpha value is -2.82.